The largest absolute Gasteiger partial charge is 0.497 e. The first-order valence-corrected chi connectivity index (χ1v) is 7.63. The molecule has 1 N–H and O–H groups in total. The molecule has 5 nitrogen and oxygen atoms in total. The Labute approximate surface area is 130 Å². The summed E-state index contributed by atoms with van der Waals surface area (Å²) >= 11 is 0. The highest BCUT2D eigenvalue weighted by atomic mass is 16.5. The third-order valence-electron chi connectivity index (χ3n) is 4.15. The highest BCUT2D eigenvalue weighted by Gasteiger charge is 2.31. The molecule has 1 aromatic rings. The van der Waals surface area contributed by atoms with Gasteiger partial charge in [0.2, 0.25) is 5.91 Å². The molecule has 1 aromatic carbocycles. The van der Waals surface area contributed by atoms with E-state index in [0.717, 1.165) is 11.3 Å². The van der Waals surface area contributed by atoms with E-state index >= 15 is 0 Å². The molecule has 1 aliphatic heterocycles. The number of carbonyl (C=O) groups is 2. The number of carboxylic acids is 1. The second kappa shape index (κ2) is 7.29. The molecular formula is C17H23NO4. The molecule has 1 amide bonds. The minimum atomic E-state index is -0.806. The summed E-state index contributed by atoms with van der Waals surface area (Å²) in [6.45, 7) is 2.99. The summed E-state index contributed by atoms with van der Waals surface area (Å²) in [5.41, 5.74) is 1.08. The zero-order valence-corrected chi connectivity index (χ0v) is 13.1. The van der Waals surface area contributed by atoms with Gasteiger partial charge in [-0.1, -0.05) is 19.1 Å². The number of ether oxygens (including phenoxy) is 1. The molecule has 5 heteroatoms. The Morgan fingerprint density at radius 3 is 2.55 bits per heavy atom. The van der Waals surface area contributed by atoms with E-state index in [9.17, 15) is 9.59 Å². The molecule has 1 saturated heterocycles. The number of hydrogen-bond donors (Lipinski definition) is 1. The summed E-state index contributed by atoms with van der Waals surface area (Å²) in [6, 6.07) is 7.66. The predicted octanol–water partition coefficient (Wildman–Crippen LogP) is 2.20. The van der Waals surface area contributed by atoms with Gasteiger partial charge in [0.1, 0.15) is 5.75 Å². The average molecular weight is 305 g/mol. The van der Waals surface area contributed by atoms with Crippen molar-refractivity contribution in [3.05, 3.63) is 29.8 Å². The van der Waals surface area contributed by atoms with Gasteiger partial charge in [-0.25, -0.2) is 0 Å². The number of methoxy groups -OCH3 is 1. The summed E-state index contributed by atoms with van der Waals surface area (Å²) in [5.74, 6) is -0.175. The molecule has 0 aliphatic carbocycles. The summed E-state index contributed by atoms with van der Waals surface area (Å²) in [6.07, 6.45) is 1.72. The topological polar surface area (TPSA) is 66.8 Å². The lowest BCUT2D eigenvalue weighted by atomic mass is 9.90. The monoisotopic (exact) mass is 305 g/mol. The van der Waals surface area contributed by atoms with Crippen LogP contribution in [0.15, 0.2) is 24.3 Å². The fourth-order valence-electron chi connectivity index (χ4n) is 2.94. The summed E-state index contributed by atoms with van der Waals surface area (Å²) in [5, 5.41) is 9.16. The maximum atomic E-state index is 12.3. The summed E-state index contributed by atoms with van der Waals surface area (Å²) < 4.78 is 5.11. The van der Waals surface area contributed by atoms with Crippen molar-refractivity contribution in [3.63, 3.8) is 0 Å². The molecule has 2 unspecified atom stereocenters. The van der Waals surface area contributed by atoms with Gasteiger partial charge in [-0.05, 0) is 36.5 Å². The normalized spacial score (nSPS) is 21.5. The average Bonchev–Trinajstić information content (AvgIpc) is 2.52. The molecule has 0 spiro atoms. The van der Waals surface area contributed by atoms with Crippen LogP contribution in [0.3, 0.4) is 0 Å². The molecule has 22 heavy (non-hydrogen) atoms. The van der Waals surface area contributed by atoms with E-state index in [1.165, 1.54) is 0 Å². The molecule has 0 radical (unpaired) electrons. The van der Waals surface area contributed by atoms with E-state index in [-0.39, 0.29) is 11.8 Å². The van der Waals surface area contributed by atoms with Gasteiger partial charge in [0, 0.05) is 19.5 Å². The van der Waals surface area contributed by atoms with E-state index in [4.69, 9.17) is 9.84 Å². The van der Waals surface area contributed by atoms with Crippen molar-refractivity contribution in [3.8, 4) is 5.75 Å². The Morgan fingerprint density at radius 2 is 1.95 bits per heavy atom. The molecule has 1 aliphatic rings. The molecule has 1 heterocycles. The van der Waals surface area contributed by atoms with Crippen LogP contribution in [0.4, 0.5) is 0 Å². The first-order chi connectivity index (χ1) is 10.5. The van der Waals surface area contributed by atoms with Gasteiger partial charge >= 0.3 is 5.97 Å². The van der Waals surface area contributed by atoms with Crippen molar-refractivity contribution in [1.82, 2.24) is 4.90 Å². The number of aliphatic carboxylic acids is 1. The molecule has 0 saturated carbocycles. The third kappa shape index (κ3) is 4.23. The first-order valence-electron chi connectivity index (χ1n) is 7.63. The number of nitrogens with zero attached hydrogens (tertiary/aromatic N) is 1. The number of rotatable bonds is 5. The Morgan fingerprint density at radius 1 is 1.27 bits per heavy atom. The van der Waals surface area contributed by atoms with Crippen molar-refractivity contribution in [1.29, 1.82) is 0 Å². The third-order valence-corrected chi connectivity index (χ3v) is 4.15. The quantitative estimate of drug-likeness (QED) is 0.905. The highest BCUT2D eigenvalue weighted by molar-refractivity contribution is 5.78. The Hall–Kier alpha value is -2.04. The van der Waals surface area contributed by atoms with E-state index in [1.54, 1.807) is 12.0 Å². The van der Waals surface area contributed by atoms with Gasteiger partial charge in [-0.2, -0.15) is 0 Å². The fourth-order valence-corrected chi connectivity index (χ4v) is 2.94. The van der Waals surface area contributed by atoms with E-state index < -0.39 is 11.9 Å². The highest BCUT2D eigenvalue weighted by Crippen LogP contribution is 2.22. The number of amides is 1. The Balaban J connectivity index is 1.89. The predicted molar refractivity (Wildman–Crippen MR) is 82.8 cm³/mol. The molecule has 0 bridgehead atoms. The van der Waals surface area contributed by atoms with Gasteiger partial charge in [0.25, 0.3) is 0 Å². The Kier molecular flexibility index (Phi) is 5.41. The summed E-state index contributed by atoms with van der Waals surface area (Å²) in [4.78, 5) is 25.2. The van der Waals surface area contributed by atoms with Gasteiger partial charge in [-0.15, -0.1) is 0 Å². The van der Waals surface area contributed by atoms with Crippen LogP contribution in [0.25, 0.3) is 0 Å². The van der Waals surface area contributed by atoms with E-state index in [0.29, 0.717) is 32.4 Å². The van der Waals surface area contributed by atoms with Crippen LogP contribution in [0.5, 0.6) is 5.75 Å². The van der Waals surface area contributed by atoms with Crippen molar-refractivity contribution in [2.75, 3.05) is 20.2 Å². The second-order valence-corrected chi connectivity index (χ2v) is 6.02. The van der Waals surface area contributed by atoms with Gasteiger partial charge in [0.15, 0.2) is 0 Å². The lowest BCUT2D eigenvalue weighted by molar-refractivity contribution is -0.146. The minimum Gasteiger partial charge on any atom is -0.497 e. The maximum absolute atomic E-state index is 12.3. The second-order valence-electron chi connectivity index (χ2n) is 6.02. The van der Waals surface area contributed by atoms with E-state index in [1.807, 2.05) is 31.2 Å². The van der Waals surface area contributed by atoms with Gasteiger partial charge in [0.05, 0.1) is 13.0 Å². The van der Waals surface area contributed by atoms with Crippen molar-refractivity contribution >= 4 is 11.9 Å². The number of carbonyl (C=O) groups excluding carboxylic acids is 1. The number of benzene rings is 1. The van der Waals surface area contributed by atoms with Gasteiger partial charge < -0.3 is 14.7 Å². The smallest absolute Gasteiger partial charge is 0.308 e. The molecule has 1 fully saturated rings. The number of likely N-dealkylation sites (tertiary alicyclic amines) is 1. The lowest BCUT2D eigenvalue weighted by Crippen LogP contribution is -2.45. The molecular weight excluding hydrogens is 282 g/mol. The lowest BCUT2D eigenvalue weighted by Gasteiger charge is -2.34. The number of piperidine rings is 1. The minimum absolute atomic E-state index is 0.0358. The van der Waals surface area contributed by atoms with Crippen LogP contribution in [0.1, 0.15) is 25.3 Å². The van der Waals surface area contributed by atoms with Crippen molar-refractivity contribution < 1.29 is 19.4 Å². The van der Waals surface area contributed by atoms with Crippen LogP contribution < -0.4 is 4.74 Å². The maximum Gasteiger partial charge on any atom is 0.308 e. The van der Waals surface area contributed by atoms with Crippen LogP contribution in [0, 0.1) is 11.8 Å². The SMILES string of the molecule is COc1ccc(CCC(=O)N2CC(C)CC(C(=O)O)C2)cc1. The van der Waals surface area contributed by atoms with Crippen LogP contribution in [-0.2, 0) is 16.0 Å². The Bertz CT molecular complexity index is 526. The zero-order chi connectivity index (χ0) is 16.1. The molecule has 0 aromatic heterocycles. The van der Waals surface area contributed by atoms with Crippen LogP contribution in [-0.4, -0.2) is 42.1 Å². The number of aryl methyl sites for hydroxylation is 1. The van der Waals surface area contributed by atoms with E-state index in [2.05, 4.69) is 0 Å². The number of carboxylic acid groups (broad SMARTS) is 1. The standard InChI is InChI=1S/C17H23NO4/c1-12-9-14(17(20)21)11-18(10-12)16(19)8-5-13-3-6-15(22-2)7-4-13/h3-4,6-7,12,14H,5,8-11H2,1-2H3,(H,20,21). The molecule has 120 valence electrons. The van der Waals surface area contributed by atoms with Crippen molar-refractivity contribution in [2.45, 2.75) is 26.2 Å². The molecule has 2 rings (SSSR count). The van der Waals surface area contributed by atoms with Crippen LogP contribution in [0.2, 0.25) is 0 Å². The molecule has 2 atom stereocenters. The van der Waals surface area contributed by atoms with Crippen LogP contribution >= 0.6 is 0 Å². The fraction of sp³-hybridized carbons (Fsp3) is 0.529. The summed E-state index contributed by atoms with van der Waals surface area (Å²) in [7, 11) is 1.62. The first kappa shape index (κ1) is 16.3. The van der Waals surface area contributed by atoms with Gasteiger partial charge in [-0.3, -0.25) is 9.59 Å². The number of hydrogen-bond acceptors (Lipinski definition) is 3. The zero-order valence-electron chi connectivity index (χ0n) is 13.1. The van der Waals surface area contributed by atoms with Crippen molar-refractivity contribution in [2.24, 2.45) is 11.8 Å².